The van der Waals surface area contributed by atoms with Gasteiger partial charge < -0.3 is 0 Å². The van der Waals surface area contributed by atoms with Crippen LogP contribution in [0, 0.1) is 6.92 Å². The normalized spacial score (nSPS) is 11.0. The Hall–Kier alpha value is -0.520. The molecule has 1 radical (unpaired) electrons. The molecule has 0 amide bonds. The summed E-state index contributed by atoms with van der Waals surface area (Å²) in [4.78, 5) is 0. The van der Waals surface area contributed by atoms with Gasteiger partial charge in [0.15, 0.2) is 0 Å². The van der Waals surface area contributed by atoms with Gasteiger partial charge in [-0.05, 0) is 38.5 Å². The fourth-order valence-corrected chi connectivity index (χ4v) is 1.58. The van der Waals surface area contributed by atoms with E-state index in [0.717, 1.165) is 6.42 Å². The number of hydrogen-bond acceptors (Lipinski definition) is 0. The molecule has 0 saturated carbocycles. The maximum atomic E-state index is 3.84. The molecule has 0 aliphatic rings. The van der Waals surface area contributed by atoms with Crippen LogP contribution in [0.4, 0.5) is 0 Å². The molecule has 0 heteroatoms. The SMILES string of the molecule is [CH2]CCCCCC=CCCCCCC=C. The summed E-state index contributed by atoms with van der Waals surface area (Å²) < 4.78 is 0. The predicted molar refractivity (Wildman–Crippen MR) is 70.9 cm³/mol. The van der Waals surface area contributed by atoms with Crippen molar-refractivity contribution in [1.29, 1.82) is 0 Å². The third-order valence-corrected chi connectivity index (χ3v) is 2.57. The van der Waals surface area contributed by atoms with Crippen molar-refractivity contribution in [3.63, 3.8) is 0 Å². The molecular formula is C15H27. The maximum absolute atomic E-state index is 3.84. The van der Waals surface area contributed by atoms with Crippen molar-refractivity contribution in [2.45, 2.75) is 64.2 Å². The van der Waals surface area contributed by atoms with E-state index < -0.39 is 0 Å². The van der Waals surface area contributed by atoms with E-state index in [9.17, 15) is 0 Å². The zero-order valence-electron chi connectivity index (χ0n) is 10.2. The minimum atomic E-state index is 1.09. The van der Waals surface area contributed by atoms with E-state index in [1.807, 2.05) is 6.08 Å². The van der Waals surface area contributed by atoms with E-state index >= 15 is 0 Å². The Morgan fingerprint density at radius 3 is 1.73 bits per heavy atom. The molecule has 0 aliphatic carbocycles. The summed E-state index contributed by atoms with van der Waals surface area (Å²) in [6.07, 6.45) is 19.4. The number of rotatable bonds is 11. The van der Waals surface area contributed by atoms with Gasteiger partial charge in [0.05, 0.1) is 0 Å². The molecule has 0 aromatic heterocycles. The van der Waals surface area contributed by atoms with Gasteiger partial charge in [0, 0.05) is 0 Å². The van der Waals surface area contributed by atoms with Gasteiger partial charge in [-0.3, -0.25) is 0 Å². The molecule has 0 nitrogen and oxygen atoms in total. The molecule has 0 aliphatic heterocycles. The third-order valence-electron chi connectivity index (χ3n) is 2.57. The summed E-state index contributed by atoms with van der Waals surface area (Å²) >= 11 is 0. The van der Waals surface area contributed by atoms with Gasteiger partial charge in [-0.15, -0.1) is 6.58 Å². The summed E-state index contributed by atoms with van der Waals surface area (Å²) in [5.41, 5.74) is 0. The van der Waals surface area contributed by atoms with Crippen LogP contribution in [0.25, 0.3) is 0 Å². The second kappa shape index (κ2) is 13.5. The predicted octanol–water partition coefficient (Wildman–Crippen LogP) is 5.46. The fourth-order valence-electron chi connectivity index (χ4n) is 1.58. The zero-order valence-corrected chi connectivity index (χ0v) is 10.2. The van der Waals surface area contributed by atoms with Gasteiger partial charge in [0.1, 0.15) is 0 Å². The molecule has 87 valence electrons. The van der Waals surface area contributed by atoms with Crippen LogP contribution in [0.1, 0.15) is 64.2 Å². The number of hydrogen-bond donors (Lipinski definition) is 0. The molecule has 0 aromatic rings. The number of allylic oxidation sites excluding steroid dienone is 3. The van der Waals surface area contributed by atoms with Crippen molar-refractivity contribution in [3.05, 3.63) is 31.7 Å². The Bertz CT molecular complexity index is 144. The van der Waals surface area contributed by atoms with Crippen molar-refractivity contribution in [1.82, 2.24) is 0 Å². The molecule has 0 saturated heterocycles. The highest BCUT2D eigenvalue weighted by molar-refractivity contribution is 4.81. The Balaban J connectivity index is 3.00. The second-order valence-corrected chi connectivity index (χ2v) is 4.10. The summed E-state index contributed by atoms with van der Waals surface area (Å²) in [7, 11) is 0. The Kier molecular flexibility index (Phi) is 13.0. The van der Waals surface area contributed by atoms with Crippen LogP contribution in [-0.2, 0) is 0 Å². The molecule has 0 rings (SSSR count). The molecule has 0 bridgehead atoms. The smallest absolute Gasteiger partial charge is 0.0351 e. The second-order valence-electron chi connectivity index (χ2n) is 4.10. The average molecular weight is 207 g/mol. The average Bonchev–Trinajstić information content (AvgIpc) is 2.26. The van der Waals surface area contributed by atoms with Gasteiger partial charge in [0.25, 0.3) is 0 Å². The first-order valence-corrected chi connectivity index (χ1v) is 6.47. The summed E-state index contributed by atoms with van der Waals surface area (Å²) in [5, 5.41) is 0. The first kappa shape index (κ1) is 14.5. The van der Waals surface area contributed by atoms with Crippen LogP contribution in [0.3, 0.4) is 0 Å². The van der Waals surface area contributed by atoms with Crippen molar-refractivity contribution in [2.75, 3.05) is 0 Å². The van der Waals surface area contributed by atoms with Crippen molar-refractivity contribution >= 4 is 0 Å². The van der Waals surface area contributed by atoms with Gasteiger partial charge in [-0.25, -0.2) is 0 Å². The third kappa shape index (κ3) is 13.5. The van der Waals surface area contributed by atoms with Crippen LogP contribution < -0.4 is 0 Å². The van der Waals surface area contributed by atoms with Gasteiger partial charge >= 0.3 is 0 Å². The van der Waals surface area contributed by atoms with E-state index in [1.165, 1.54) is 57.8 Å². The monoisotopic (exact) mass is 207 g/mol. The molecule has 0 unspecified atom stereocenters. The highest BCUT2D eigenvalue weighted by Crippen LogP contribution is 2.06. The molecule has 0 heterocycles. The topological polar surface area (TPSA) is 0 Å². The van der Waals surface area contributed by atoms with E-state index in [0.29, 0.717) is 0 Å². The molecule has 15 heavy (non-hydrogen) atoms. The minimum Gasteiger partial charge on any atom is -0.103 e. The van der Waals surface area contributed by atoms with Crippen LogP contribution >= 0.6 is 0 Å². The lowest BCUT2D eigenvalue weighted by atomic mass is 10.1. The van der Waals surface area contributed by atoms with Crippen LogP contribution in [0.2, 0.25) is 0 Å². The van der Waals surface area contributed by atoms with E-state index in [2.05, 4.69) is 25.7 Å². The lowest BCUT2D eigenvalue weighted by Gasteiger charge is -1.96. The molecule has 0 spiro atoms. The Morgan fingerprint density at radius 1 is 0.667 bits per heavy atom. The number of unbranched alkanes of at least 4 members (excludes halogenated alkanes) is 8. The summed E-state index contributed by atoms with van der Waals surface area (Å²) in [5.74, 6) is 0. The van der Waals surface area contributed by atoms with Crippen molar-refractivity contribution in [3.8, 4) is 0 Å². The van der Waals surface area contributed by atoms with Crippen LogP contribution in [0.5, 0.6) is 0 Å². The Morgan fingerprint density at radius 2 is 1.20 bits per heavy atom. The van der Waals surface area contributed by atoms with E-state index in [-0.39, 0.29) is 0 Å². The summed E-state index contributed by atoms with van der Waals surface area (Å²) in [6, 6.07) is 0. The largest absolute Gasteiger partial charge is 0.103 e. The summed E-state index contributed by atoms with van der Waals surface area (Å²) in [6.45, 7) is 7.57. The maximum Gasteiger partial charge on any atom is -0.0351 e. The van der Waals surface area contributed by atoms with Crippen molar-refractivity contribution < 1.29 is 0 Å². The highest BCUT2D eigenvalue weighted by atomic mass is 13.9. The molecule has 0 atom stereocenters. The lowest BCUT2D eigenvalue weighted by molar-refractivity contribution is 0.685. The van der Waals surface area contributed by atoms with Crippen LogP contribution in [0.15, 0.2) is 24.8 Å². The molecule has 0 fully saturated rings. The van der Waals surface area contributed by atoms with E-state index in [4.69, 9.17) is 0 Å². The van der Waals surface area contributed by atoms with Gasteiger partial charge in [-0.1, -0.05) is 50.8 Å². The Labute approximate surface area is 96.5 Å². The standard InChI is InChI=1S/C15H27/c1-3-5-7-9-11-13-15-14-12-10-8-6-4-2/h3,14-15H,1-2,4-13H2. The quantitative estimate of drug-likeness (QED) is 0.311. The van der Waals surface area contributed by atoms with Crippen molar-refractivity contribution in [2.24, 2.45) is 0 Å². The minimum absolute atomic E-state index is 1.09. The fraction of sp³-hybridized carbons (Fsp3) is 0.667. The van der Waals surface area contributed by atoms with E-state index in [1.54, 1.807) is 0 Å². The van der Waals surface area contributed by atoms with Gasteiger partial charge in [-0.2, -0.15) is 0 Å². The first-order valence-electron chi connectivity index (χ1n) is 6.47. The zero-order chi connectivity index (χ0) is 11.2. The molecule has 0 aromatic carbocycles. The lowest BCUT2D eigenvalue weighted by Crippen LogP contribution is -1.76. The molecular weight excluding hydrogens is 180 g/mol. The molecule has 0 N–H and O–H groups in total. The highest BCUT2D eigenvalue weighted by Gasteiger charge is 1.86. The van der Waals surface area contributed by atoms with Crippen LogP contribution in [-0.4, -0.2) is 0 Å². The first-order chi connectivity index (χ1) is 7.41. The van der Waals surface area contributed by atoms with Gasteiger partial charge in [0.2, 0.25) is 0 Å².